The number of piperidine rings is 1. The molecule has 1 rings (SSSR count). The molecule has 0 aromatic heterocycles. The second-order valence-electron chi connectivity index (χ2n) is 5.07. The van der Waals surface area contributed by atoms with Crippen molar-refractivity contribution < 1.29 is 18.3 Å². The number of aliphatic hydroxyl groups excluding tert-OH is 1. The van der Waals surface area contributed by atoms with Crippen LogP contribution in [0.2, 0.25) is 0 Å². The minimum Gasteiger partial charge on any atom is -0.382 e. The normalized spacial score (nSPS) is 35.1. The molecule has 0 aliphatic carbocycles. The van der Waals surface area contributed by atoms with E-state index in [1.54, 1.807) is 4.90 Å². The van der Waals surface area contributed by atoms with Gasteiger partial charge in [0.25, 0.3) is 0 Å². The molecule has 16 heavy (non-hydrogen) atoms. The highest BCUT2D eigenvalue weighted by Crippen LogP contribution is 2.29. The first-order valence-corrected chi connectivity index (χ1v) is 5.70. The van der Waals surface area contributed by atoms with E-state index in [1.807, 2.05) is 20.8 Å². The second kappa shape index (κ2) is 4.92. The zero-order chi connectivity index (χ0) is 12.5. The average molecular weight is 239 g/mol. The molecule has 2 nitrogen and oxygen atoms in total. The Kier molecular flexibility index (Phi) is 4.23. The molecule has 1 N–H and O–H groups in total. The number of rotatable bonds is 2. The Labute approximate surface area is 94.4 Å². The molecule has 5 heteroatoms. The van der Waals surface area contributed by atoms with Gasteiger partial charge in [-0.3, -0.25) is 4.90 Å². The average Bonchev–Trinajstić information content (AvgIpc) is 2.11. The zero-order valence-electron chi connectivity index (χ0n) is 9.96. The molecule has 96 valence electrons. The van der Waals surface area contributed by atoms with Crippen molar-refractivity contribution in [3.05, 3.63) is 0 Å². The lowest BCUT2D eigenvalue weighted by Gasteiger charge is -2.42. The maximum Gasteiger partial charge on any atom is 0.415 e. The van der Waals surface area contributed by atoms with Gasteiger partial charge in [-0.05, 0) is 25.2 Å². The third kappa shape index (κ3) is 3.35. The summed E-state index contributed by atoms with van der Waals surface area (Å²) in [6.45, 7) is 6.35. The number of alkyl halides is 3. The lowest BCUT2D eigenvalue weighted by atomic mass is 9.86. The number of hydrogen-bond acceptors (Lipinski definition) is 2. The van der Waals surface area contributed by atoms with Crippen LogP contribution in [0.25, 0.3) is 0 Å². The predicted molar refractivity (Wildman–Crippen MR) is 56.0 cm³/mol. The molecule has 0 spiro atoms. The molecule has 0 aromatic carbocycles. The van der Waals surface area contributed by atoms with Gasteiger partial charge in [0.1, 0.15) is 0 Å². The Morgan fingerprint density at radius 2 is 1.88 bits per heavy atom. The fourth-order valence-electron chi connectivity index (χ4n) is 2.40. The van der Waals surface area contributed by atoms with E-state index in [0.29, 0.717) is 18.4 Å². The van der Waals surface area contributed by atoms with Crippen LogP contribution >= 0.6 is 0 Å². The number of hydrogen-bond donors (Lipinski definition) is 1. The third-order valence-corrected chi connectivity index (χ3v) is 3.51. The Bertz CT molecular complexity index is 232. The molecule has 1 aliphatic rings. The van der Waals surface area contributed by atoms with Crippen LogP contribution in [-0.4, -0.2) is 41.4 Å². The van der Waals surface area contributed by atoms with Crippen LogP contribution in [0.5, 0.6) is 0 Å². The van der Waals surface area contributed by atoms with Gasteiger partial charge in [-0.15, -0.1) is 0 Å². The molecule has 4 unspecified atom stereocenters. The van der Waals surface area contributed by atoms with Crippen LogP contribution in [0.15, 0.2) is 0 Å². The summed E-state index contributed by atoms with van der Waals surface area (Å²) in [6.07, 6.45) is -5.70. The second-order valence-corrected chi connectivity index (χ2v) is 5.07. The number of β-amino-alcohol motifs (C(OH)–C–C–N with tert-alkyl or cyclic N) is 1. The van der Waals surface area contributed by atoms with Crippen molar-refractivity contribution in [2.24, 2.45) is 11.8 Å². The molecule has 1 heterocycles. The molecule has 4 atom stereocenters. The van der Waals surface area contributed by atoms with Gasteiger partial charge in [0.15, 0.2) is 6.10 Å². The van der Waals surface area contributed by atoms with Gasteiger partial charge in [0, 0.05) is 19.1 Å². The predicted octanol–water partition coefficient (Wildman–Crippen LogP) is 2.28. The van der Waals surface area contributed by atoms with Gasteiger partial charge >= 0.3 is 6.18 Å². The summed E-state index contributed by atoms with van der Waals surface area (Å²) in [5.74, 6) is 0.774. The van der Waals surface area contributed by atoms with E-state index in [9.17, 15) is 13.2 Å². The minimum atomic E-state index is -4.51. The van der Waals surface area contributed by atoms with Crippen LogP contribution in [-0.2, 0) is 0 Å². The minimum absolute atomic E-state index is 0.105. The first-order valence-electron chi connectivity index (χ1n) is 5.70. The maximum atomic E-state index is 12.2. The summed E-state index contributed by atoms with van der Waals surface area (Å²) in [4.78, 5) is 1.75. The standard InChI is InChI=1S/C11H20F3NO/c1-7-4-8(2)9(3)15(5-7)6-10(16)11(12,13)14/h7-10,16H,4-6H2,1-3H3. The van der Waals surface area contributed by atoms with E-state index < -0.39 is 12.3 Å². The molecular weight excluding hydrogens is 219 g/mol. The summed E-state index contributed by atoms with van der Waals surface area (Å²) in [5.41, 5.74) is 0. The van der Waals surface area contributed by atoms with Crippen LogP contribution in [0, 0.1) is 11.8 Å². The van der Waals surface area contributed by atoms with Gasteiger partial charge < -0.3 is 5.11 Å². The molecular formula is C11H20F3NO. The number of likely N-dealkylation sites (tertiary alicyclic amines) is 1. The quantitative estimate of drug-likeness (QED) is 0.799. The highest BCUT2D eigenvalue weighted by Gasteiger charge is 2.41. The van der Waals surface area contributed by atoms with E-state index in [4.69, 9.17) is 5.11 Å². The van der Waals surface area contributed by atoms with Gasteiger partial charge in [-0.1, -0.05) is 13.8 Å². The summed E-state index contributed by atoms with van der Waals surface area (Å²) in [6, 6.07) is 0.105. The Hall–Kier alpha value is -0.290. The Morgan fingerprint density at radius 3 is 2.38 bits per heavy atom. The fraction of sp³-hybridized carbons (Fsp3) is 1.00. The maximum absolute atomic E-state index is 12.2. The van der Waals surface area contributed by atoms with Gasteiger partial charge in [0.05, 0.1) is 0 Å². The summed E-state index contributed by atoms with van der Waals surface area (Å²) < 4.78 is 36.7. The Morgan fingerprint density at radius 1 is 1.31 bits per heavy atom. The first-order chi connectivity index (χ1) is 7.21. The summed E-state index contributed by atoms with van der Waals surface area (Å²) >= 11 is 0. The SMILES string of the molecule is CC1CC(C)C(C)N(CC(O)C(F)(F)F)C1. The van der Waals surface area contributed by atoms with Crippen molar-refractivity contribution in [2.75, 3.05) is 13.1 Å². The molecule has 0 aromatic rings. The monoisotopic (exact) mass is 239 g/mol. The van der Waals surface area contributed by atoms with Gasteiger partial charge in [0.2, 0.25) is 0 Å². The van der Waals surface area contributed by atoms with E-state index in [-0.39, 0.29) is 12.6 Å². The fourth-order valence-corrected chi connectivity index (χ4v) is 2.40. The molecule has 1 saturated heterocycles. The van der Waals surface area contributed by atoms with Crippen LogP contribution in [0.1, 0.15) is 27.2 Å². The molecule has 0 bridgehead atoms. The van der Waals surface area contributed by atoms with Crippen molar-refractivity contribution in [3.63, 3.8) is 0 Å². The summed E-state index contributed by atoms with van der Waals surface area (Å²) in [5, 5.41) is 9.06. The molecule has 1 fully saturated rings. The smallest absolute Gasteiger partial charge is 0.382 e. The van der Waals surface area contributed by atoms with Gasteiger partial charge in [-0.25, -0.2) is 0 Å². The lowest BCUT2D eigenvalue weighted by Crippen LogP contribution is -2.51. The van der Waals surface area contributed by atoms with Crippen LogP contribution in [0.4, 0.5) is 13.2 Å². The number of halogens is 3. The number of nitrogens with zero attached hydrogens (tertiary/aromatic N) is 1. The van der Waals surface area contributed by atoms with Crippen LogP contribution in [0.3, 0.4) is 0 Å². The number of aliphatic hydroxyl groups is 1. The molecule has 0 radical (unpaired) electrons. The summed E-state index contributed by atoms with van der Waals surface area (Å²) in [7, 11) is 0. The van der Waals surface area contributed by atoms with Crippen molar-refractivity contribution in [3.8, 4) is 0 Å². The topological polar surface area (TPSA) is 23.5 Å². The van der Waals surface area contributed by atoms with E-state index >= 15 is 0 Å². The highest BCUT2D eigenvalue weighted by molar-refractivity contribution is 4.84. The highest BCUT2D eigenvalue weighted by atomic mass is 19.4. The van der Waals surface area contributed by atoms with Gasteiger partial charge in [-0.2, -0.15) is 13.2 Å². The molecule has 0 saturated carbocycles. The lowest BCUT2D eigenvalue weighted by molar-refractivity contribution is -0.211. The van der Waals surface area contributed by atoms with Crippen molar-refractivity contribution >= 4 is 0 Å². The Balaban J connectivity index is 2.58. The van der Waals surface area contributed by atoms with Crippen molar-refractivity contribution in [1.82, 2.24) is 4.90 Å². The third-order valence-electron chi connectivity index (χ3n) is 3.51. The van der Waals surface area contributed by atoms with Crippen molar-refractivity contribution in [1.29, 1.82) is 0 Å². The van der Waals surface area contributed by atoms with E-state index in [1.165, 1.54) is 0 Å². The largest absolute Gasteiger partial charge is 0.415 e. The van der Waals surface area contributed by atoms with E-state index in [0.717, 1.165) is 6.42 Å². The molecule has 0 amide bonds. The van der Waals surface area contributed by atoms with E-state index in [2.05, 4.69) is 0 Å². The molecule has 1 aliphatic heterocycles. The van der Waals surface area contributed by atoms with Crippen molar-refractivity contribution in [2.45, 2.75) is 45.5 Å². The first kappa shape index (κ1) is 13.8. The van der Waals surface area contributed by atoms with Crippen LogP contribution < -0.4 is 0 Å². The zero-order valence-corrected chi connectivity index (χ0v) is 9.96.